The number of amides is 2. The zero-order valence-electron chi connectivity index (χ0n) is 39.6. The predicted molar refractivity (Wildman–Crippen MR) is 263 cm³/mol. The van der Waals surface area contributed by atoms with Crippen LogP contribution in [0.2, 0.25) is 0 Å². The van der Waals surface area contributed by atoms with Crippen LogP contribution in [0.1, 0.15) is 67.6 Å². The van der Waals surface area contributed by atoms with Crippen LogP contribution in [0.25, 0.3) is 39.0 Å². The first-order chi connectivity index (χ1) is 34.4. The highest BCUT2D eigenvalue weighted by molar-refractivity contribution is 7.99. The number of nitriles is 3. The Kier molecular flexibility index (Phi) is 12.9. The lowest BCUT2D eigenvalue weighted by molar-refractivity contribution is -0.667. The minimum Gasteiger partial charge on any atom is -0.343 e. The molecular formula is C52H48FN14O2S2+. The molecule has 19 heteroatoms. The summed E-state index contributed by atoms with van der Waals surface area (Å²) in [5.74, 6) is 0.332. The maximum atomic E-state index is 15.3. The molecule has 2 aliphatic rings. The topological polar surface area (TPSA) is 186 Å². The summed E-state index contributed by atoms with van der Waals surface area (Å²) in [5.41, 5.74) is 8.09. The van der Waals surface area contributed by atoms with Crippen LogP contribution in [0.3, 0.4) is 0 Å². The Morgan fingerprint density at radius 3 is 2.06 bits per heavy atom. The van der Waals surface area contributed by atoms with E-state index in [4.69, 9.17) is 10.2 Å². The Morgan fingerprint density at radius 2 is 1.39 bits per heavy atom. The number of aromatic nitrogens is 9. The number of rotatable bonds is 11. The number of carbonyl (C=O) groups excluding carboxylic acids is 2. The number of halogens is 1. The van der Waals surface area contributed by atoms with Gasteiger partial charge < -0.3 is 9.80 Å². The second kappa shape index (κ2) is 19.5. The maximum absolute atomic E-state index is 15.3. The highest BCUT2D eigenvalue weighted by Gasteiger charge is 2.28. The van der Waals surface area contributed by atoms with Crippen LogP contribution in [0.4, 0.5) is 4.39 Å². The van der Waals surface area contributed by atoms with Crippen LogP contribution in [0, 0.1) is 65.5 Å². The van der Waals surface area contributed by atoms with Gasteiger partial charge in [0, 0.05) is 126 Å². The van der Waals surface area contributed by atoms with E-state index in [0.717, 1.165) is 95.6 Å². The second-order valence-corrected chi connectivity index (χ2v) is 20.3. The first kappa shape index (κ1) is 46.9. The summed E-state index contributed by atoms with van der Waals surface area (Å²) in [6, 6.07) is 19.4. The number of nitrogens with zero attached hydrogens (tertiary/aromatic N) is 14. The van der Waals surface area contributed by atoms with Crippen molar-refractivity contribution in [2.45, 2.75) is 86.2 Å². The van der Waals surface area contributed by atoms with Crippen LogP contribution in [0.15, 0.2) is 106 Å². The molecule has 2 fully saturated rings. The average molecular weight is 984 g/mol. The van der Waals surface area contributed by atoms with Crippen LogP contribution in [-0.2, 0) is 22.7 Å². The molecule has 0 aliphatic carbocycles. The van der Waals surface area contributed by atoms with E-state index in [-0.39, 0.29) is 22.8 Å². The molecule has 0 unspecified atom stereocenters. The van der Waals surface area contributed by atoms with Crippen LogP contribution in [-0.4, -0.2) is 86.5 Å². The highest BCUT2D eigenvalue weighted by atomic mass is 32.2. The van der Waals surface area contributed by atoms with Gasteiger partial charge >= 0.3 is 0 Å². The molecule has 1 atom stereocenters. The van der Waals surface area contributed by atoms with Gasteiger partial charge in [-0.3, -0.25) is 19.0 Å². The lowest BCUT2D eigenvalue weighted by atomic mass is 9.96. The molecule has 2 amide bonds. The van der Waals surface area contributed by atoms with Crippen molar-refractivity contribution < 1.29 is 18.7 Å². The summed E-state index contributed by atoms with van der Waals surface area (Å²) in [5, 5.41) is 45.8. The molecule has 0 N–H and O–H groups in total. The van der Waals surface area contributed by atoms with E-state index in [0.29, 0.717) is 68.8 Å². The van der Waals surface area contributed by atoms with Gasteiger partial charge in [-0.05, 0) is 81.7 Å². The van der Waals surface area contributed by atoms with Gasteiger partial charge in [0.25, 0.3) is 0 Å². The third kappa shape index (κ3) is 9.13. The zero-order chi connectivity index (χ0) is 49.5. The summed E-state index contributed by atoms with van der Waals surface area (Å²) < 4.78 is 24.6. The van der Waals surface area contributed by atoms with Gasteiger partial charge in [0.2, 0.25) is 23.7 Å². The summed E-state index contributed by atoms with van der Waals surface area (Å²) in [7, 11) is 0. The molecule has 9 heterocycles. The first-order valence-electron chi connectivity index (χ1n) is 23.4. The number of hydrogen-bond donors (Lipinski definition) is 0. The van der Waals surface area contributed by atoms with Crippen molar-refractivity contribution in [2.24, 2.45) is 11.8 Å². The van der Waals surface area contributed by atoms with Gasteiger partial charge in [0.15, 0.2) is 5.82 Å². The van der Waals surface area contributed by atoms with Crippen LogP contribution >= 0.6 is 23.5 Å². The summed E-state index contributed by atoms with van der Waals surface area (Å²) in [4.78, 5) is 34.2. The normalized spacial score (nSPS) is 15.3. The quantitative estimate of drug-likeness (QED) is 0.114. The van der Waals surface area contributed by atoms with E-state index in [2.05, 4.69) is 28.3 Å². The van der Waals surface area contributed by atoms with Crippen LogP contribution < -0.4 is 4.68 Å². The molecule has 0 radical (unpaired) electrons. The number of likely N-dealkylation sites (tertiary alicyclic amines) is 2. The van der Waals surface area contributed by atoms with Crippen molar-refractivity contribution in [1.29, 1.82) is 15.8 Å². The van der Waals surface area contributed by atoms with E-state index in [1.165, 1.54) is 36.3 Å². The monoisotopic (exact) mass is 983 g/mol. The first-order valence-corrected chi connectivity index (χ1v) is 25.0. The number of piperidine rings is 2. The predicted octanol–water partition coefficient (Wildman–Crippen LogP) is 8.18. The van der Waals surface area contributed by atoms with Gasteiger partial charge in [-0.15, -0.1) is 4.52 Å². The molecule has 1 aromatic carbocycles. The Hall–Kier alpha value is -7.79. The molecule has 10 rings (SSSR count). The molecule has 0 spiro atoms. The zero-order valence-corrected chi connectivity index (χ0v) is 41.2. The summed E-state index contributed by atoms with van der Waals surface area (Å²) in [6.45, 7) is 11.6. The average Bonchev–Trinajstić information content (AvgIpc) is 4.16. The Balaban J connectivity index is 1.01. The third-order valence-electron chi connectivity index (χ3n) is 13.8. The minimum absolute atomic E-state index is 0.0890. The fourth-order valence-corrected chi connectivity index (χ4v) is 11.9. The van der Waals surface area contributed by atoms with Crippen molar-refractivity contribution in [3.8, 4) is 46.1 Å². The van der Waals surface area contributed by atoms with E-state index in [1.807, 2.05) is 91.3 Å². The van der Waals surface area contributed by atoms with Crippen LogP contribution in [0.5, 0.6) is 0 Å². The Bertz CT molecular complexity index is 3540. The second-order valence-electron chi connectivity index (χ2n) is 18.2. The Labute approximate surface area is 417 Å². The largest absolute Gasteiger partial charge is 0.343 e. The van der Waals surface area contributed by atoms with Crippen molar-refractivity contribution in [2.75, 3.05) is 26.2 Å². The molecule has 0 saturated carbocycles. The van der Waals surface area contributed by atoms with Gasteiger partial charge in [0.05, 0.1) is 41.4 Å². The molecule has 2 aliphatic heterocycles. The van der Waals surface area contributed by atoms with E-state index in [9.17, 15) is 25.4 Å². The molecular weight excluding hydrogens is 936 g/mol. The van der Waals surface area contributed by atoms with E-state index < -0.39 is 5.82 Å². The summed E-state index contributed by atoms with van der Waals surface area (Å²) in [6.07, 6.45) is 16.0. The van der Waals surface area contributed by atoms with Crippen molar-refractivity contribution in [3.05, 3.63) is 120 Å². The van der Waals surface area contributed by atoms with Gasteiger partial charge in [-0.25, -0.2) is 13.9 Å². The number of pyridine rings is 3. The van der Waals surface area contributed by atoms with Gasteiger partial charge in [-0.2, -0.15) is 31.1 Å². The molecule has 356 valence electrons. The minimum atomic E-state index is -0.491. The molecule has 71 heavy (non-hydrogen) atoms. The maximum Gasteiger partial charge on any atom is 0.237 e. The SMILES string of the molecule is CC(=O)N1CCC(Cn2ncc(-c3cc(Sc4ncccc4F)c4c(C#N)c[n+](-c5ccc(Sc6cc(-c7cnn(C[C@@H]8CCCN(C(C)=O)C8)c7C)cn7ncc(C#N)c67)c(C#N)c5)n4c3)c2C)CC1. The third-order valence-corrected chi connectivity index (χ3v) is 15.9. The fourth-order valence-electron chi connectivity index (χ4n) is 9.88. The molecule has 7 aromatic heterocycles. The molecule has 8 aromatic rings. The smallest absolute Gasteiger partial charge is 0.237 e. The van der Waals surface area contributed by atoms with E-state index >= 15 is 4.39 Å². The molecule has 0 bridgehead atoms. The number of carbonyl (C=O) groups is 2. The van der Waals surface area contributed by atoms with Crippen molar-refractivity contribution >= 4 is 46.4 Å². The lowest BCUT2D eigenvalue weighted by Crippen LogP contribution is -2.40. The number of benzene rings is 1. The van der Waals surface area contributed by atoms with Gasteiger partial charge in [0.1, 0.15) is 34.3 Å². The van der Waals surface area contributed by atoms with E-state index in [1.54, 1.807) is 30.6 Å². The number of hydrogen-bond acceptors (Lipinski definition) is 11. The molecule has 16 nitrogen and oxygen atoms in total. The van der Waals surface area contributed by atoms with Gasteiger partial charge in [-0.1, -0.05) is 28.2 Å². The summed E-state index contributed by atoms with van der Waals surface area (Å²) >= 11 is 2.48. The Morgan fingerprint density at radius 1 is 0.732 bits per heavy atom. The lowest BCUT2D eigenvalue weighted by Gasteiger charge is -2.32. The van der Waals surface area contributed by atoms with Crippen molar-refractivity contribution in [1.82, 2.24) is 48.5 Å². The highest BCUT2D eigenvalue weighted by Crippen LogP contribution is 2.40. The fraction of sp³-hybridized carbons (Fsp3) is 0.308. The van der Waals surface area contributed by atoms with Crippen molar-refractivity contribution in [3.63, 3.8) is 0 Å². The standard InChI is InChI=1S/C52H48FN14O2S2/c1-32-44(24-60-64(32)28-37-7-6-14-62(26-37)35(4)69)39-18-48(50-41(21-55)23-58-65(50)29-39)70-47-10-9-43(17-38(47)20-54)66-31-42(22-56)51-49(71-52-46(53)8-5-13-57-52)19-40(30-67(51)66)45-25-59-63(33(45)2)27-36-11-15-61(16-12-36)34(3)68/h5,8-10,13,17-19,23-25,29-31,36-37H,6-7,11-12,14-16,26-28H2,1-4H3/q+1/t37-/m1/s1. The molecule has 2 saturated heterocycles. The number of fused-ring (bicyclic) bond motifs is 2.